The van der Waals surface area contributed by atoms with Gasteiger partial charge in [0, 0.05) is 12.4 Å². The zero-order valence-corrected chi connectivity index (χ0v) is 9.32. The number of hydrogen-bond donors (Lipinski definition) is 1. The Morgan fingerprint density at radius 1 is 1.50 bits per heavy atom. The van der Waals surface area contributed by atoms with Gasteiger partial charge in [0.05, 0.1) is 10.6 Å². The van der Waals surface area contributed by atoms with E-state index in [1.807, 2.05) is 13.0 Å². The van der Waals surface area contributed by atoms with Crippen LogP contribution in [0.1, 0.15) is 15.9 Å². The topological polar surface area (TPSA) is 29.1 Å². The lowest BCUT2D eigenvalue weighted by Gasteiger charge is -2.06. The molecule has 1 N–H and O–H groups in total. The second-order valence-corrected chi connectivity index (χ2v) is 3.64. The number of carbonyl (C=O) groups is 1. The number of rotatable bonds is 3. The van der Waals surface area contributed by atoms with E-state index in [1.165, 1.54) is 0 Å². The molecular weight excluding hydrogens is 221 g/mol. The van der Waals surface area contributed by atoms with Crippen LogP contribution in [0.15, 0.2) is 18.2 Å². The highest BCUT2D eigenvalue weighted by molar-refractivity contribution is 6.34. The standard InChI is InChI=1S/C10H11Cl2NO/c1-7-3-2-4-8(9(7)12)10(14)13-6-5-11/h2-4H,5-6H2,1H3,(H,13,14). The average molecular weight is 232 g/mol. The number of hydrogen-bond acceptors (Lipinski definition) is 1. The summed E-state index contributed by atoms with van der Waals surface area (Å²) < 4.78 is 0. The van der Waals surface area contributed by atoms with Gasteiger partial charge in [-0.25, -0.2) is 0 Å². The van der Waals surface area contributed by atoms with Gasteiger partial charge >= 0.3 is 0 Å². The van der Waals surface area contributed by atoms with E-state index in [0.29, 0.717) is 23.0 Å². The third kappa shape index (κ3) is 2.63. The van der Waals surface area contributed by atoms with Gasteiger partial charge in [0.1, 0.15) is 0 Å². The number of nitrogens with one attached hydrogen (secondary N) is 1. The molecule has 0 heterocycles. The van der Waals surface area contributed by atoms with E-state index < -0.39 is 0 Å². The third-order valence-electron chi connectivity index (χ3n) is 1.82. The van der Waals surface area contributed by atoms with Crippen molar-refractivity contribution in [1.82, 2.24) is 5.32 Å². The van der Waals surface area contributed by atoms with E-state index in [2.05, 4.69) is 5.32 Å². The quantitative estimate of drug-likeness (QED) is 0.797. The van der Waals surface area contributed by atoms with Gasteiger partial charge in [-0.3, -0.25) is 4.79 Å². The number of alkyl halides is 1. The second-order valence-electron chi connectivity index (χ2n) is 2.88. The molecule has 0 saturated heterocycles. The predicted molar refractivity (Wildman–Crippen MR) is 59.2 cm³/mol. The van der Waals surface area contributed by atoms with Crippen molar-refractivity contribution >= 4 is 29.1 Å². The first-order chi connectivity index (χ1) is 6.66. The summed E-state index contributed by atoms with van der Waals surface area (Å²) >= 11 is 11.4. The van der Waals surface area contributed by atoms with Crippen molar-refractivity contribution in [2.45, 2.75) is 6.92 Å². The first kappa shape index (κ1) is 11.3. The largest absolute Gasteiger partial charge is 0.351 e. The van der Waals surface area contributed by atoms with Gasteiger partial charge < -0.3 is 5.32 Å². The predicted octanol–water partition coefficient (Wildman–Crippen LogP) is 2.62. The Hall–Kier alpha value is -0.730. The second kappa shape index (κ2) is 5.23. The van der Waals surface area contributed by atoms with E-state index in [1.54, 1.807) is 12.1 Å². The Balaban J connectivity index is 2.84. The first-order valence-electron chi connectivity index (χ1n) is 4.26. The van der Waals surface area contributed by atoms with Crippen LogP contribution in [0, 0.1) is 6.92 Å². The van der Waals surface area contributed by atoms with Crippen LogP contribution in [0.2, 0.25) is 5.02 Å². The van der Waals surface area contributed by atoms with Crippen molar-refractivity contribution in [3.8, 4) is 0 Å². The van der Waals surface area contributed by atoms with E-state index in [9.17, 15) is 4.79 Å². The summed E-state index contributed by atoms with van der Waals surface area (Å²) in [5.41, 5.74) is 1.39. The number of carbonyl (C=O) groups excluding carboxylic acids is 1. The number of halogens is 2. The summed E-state index contributed by atoms with van der Waals surface area (Å²) in [6, 6.07) is 5.36. The summed E-state index contributed by atoms with van der Waals surface area (Å²) in [6.45, 7) is 2.31. The molecule has 1 amide bonds. The van der Waals surface area contributed by atoms with Crippen LogP contribution in [0.3, 0.4) is 0 Å². The van der Waals surface area contributed by atoms with Crippen molar-refractivity contribution in [3.63, 3.8) is 0 Å². The number of amides is 1. The molecule has 14 heavy (non-hydrogen) atoms. The summed E-state index contributed by atoms with van der Waals surface area (Å²) in [5.74, 6) is 0.217. The molecule has 0 aliphatic rings. The molecule has 0 aromatic heterocycles. The molecule has 0 aliphatic carbocycles. The Morgan fingerprint density at radius 2 is 2.21 bits per heavy atom. The van der Waals surface area contributed by atoms with Gasteiger partial charge in [-0.15, -0.1) is 11.6 Å². The highest BCUT2D eigenvalue weighted by Gasteiger charge is 2.10. The molecule has 0 unspecified atom stereocenters. The zero-order valence-electron chi connectivity index (χ0n) is 7.81. The summed E-state index contributed by atoms with van der Waals surface area (Å²) in [6.07, 6.45) is 0. The summed E-state index contributed by atoms with van der Waals surface area (Å²) in [7, 11) is 0. The summed E-state index contributed by atoms with van der Waals surface area (Å²) in [4.78, 5) is 11.5. The minimum atomic E-state index is -0.181. The number of benzene rings is 1. The van der Waals surface area contributed by atoms with Gasteiger partial charge in [0.25, 0.3) is 5.91 Å². The Morgan fingerprint density at radius 3 is 2.86 bits per heavy atom. The maximum Gasteiger partial charge on any atom is 0.252 e. The fraction of sp³-hybridized carbons (Fsp3) is 0.300. The van der Waals surface area contributed by atoms with Crippen LogP contribution in [0.25, 0.3) is 0 Å². The molecule has 1 aromatic rings. The van der Waals surface area contributed by atoms with Gasteiger partial charge in [0.2, 0.25) is 0 Å². The molecule has 0 radical (unpaired) electrons. The SMILES string of the molecule is Cc1cccc(C(=O)NCCCl)c1Cl. The van der Waals surface area contributed by atoms with Crippen molar-refractivity contribution in [2.24, 2.45) is 0 Å². The molecule has 0 aliphatic heterocycles. The zero-order chi connectivity index (χ0) is 10.6. The van der Waals surface area contributed by atoms with Crippen LogP contribution in [-0.2, 0) is 0 Å². The third-order valence-corrected chi connectivity index (χ3v) is 2.51. The minimum absolute atomic E-state index is 0.181. The first-order valence-corrected chi connectivity index (χ1v) is 5.17. The number of aryl methyl sites for hydroxylation is 1. The Kier molecular flexibility index (Phi) is 4.23. The van der Waals surface area contributed by atoms with Crippen molar-refractivity contribution < 1.29 is 4.79 Å². The highest BCUT2D eigenvalue weighted by atomic mass is 35.5. The Labute approximate surface area is 93.2 Å². The maximum absolute atomic E-state index is 11.5. The van der Waals surface area contributed by atoms with Gasteiger partial charge in [0.15, 0.2) is 0 Å². The van der Waals surface area contributed by atoms with Crippen LogP contribution >= 0.6 is 23.2 Å². The highest BCUT2D eigenvalue weighted by Crippen LogP contribution is 2.19. The molecule has 0 bridgehead atoms. The lowest BCUT2D eigenvalue weighted by Crippen LogP contribution is -2.25. The smallest absolute Gasteiger partial charge is 0.252 e. The minimum Gasteiger partial charge on any atom is -0.351 e. The monoisotopic (exact) mass is 231 g/mol. The molecule has 1 rings (SSSR count). The lowest BCUT2D eigenvalue weighted by atomic mass is 10.1. The summed E-state index contributed by atoms with van der Waals surface area (Å²) in [5, 5.41) is 3.16. The van der Waals surface area contributed by atoms with Gasteiger partial charge in [-0.2, -0.15) is 0 Å². The molecule has 76 valence electrons. The molecule has 0 fully saturated rings. The molecule has 0 saturated carbocycles. The van der Waals surface area contributed by atoms with E-state index >= 15 is 0 Å². The maximum atomic E-state index is 11.5. The van der Waals surface area contributed by atoms with Crippen molar-refractivity contribution in [3.05, 3.63) is 34.3 Å². The van der Waals surface area contributed by atoms with Crippen LogP contribution in [0.5, 0.6) is 0 Å². The lowest BCUT2D eigenvalue weighted by molar-refractivity contribution is 0.0956. The van der Waals surface area contributed by atoms with E-state index in [4.69, 9.17) is 23.2 Å². The van der Waals surface area contributed by atoms with Crippen molar-refractivity contribution in [2.75, 3.05) is 12.4 Å². The Bertz CT molecular complexity index is 339. The molecule has 4 heteroatoms. The molecule has 1 aromatic carbocycles. The van der Waals surface area contributed by atoms with Crippen LogP contribution in [0.4, 0.5) is 0 Å². The van der Waals surface area contributed by atoms with Crippen LogP contribution < -0.4 is 5.32 Å². The molecular formula is C10H11Cl2NO. The van der Waals surface area contributed by atoms with Crippen molar-refractivity contribution in [1.29, 1.82) is 0 Å². The fourth-order valence-electron chi connectivity index (χ4n) is 1.08. The van der Waals surface area contributed by atoms with E-state index in [-0.39, 0.29) is 5.91 Å². The van der Waals surface area contributed by atoms with E-state index in [0.717, 1.165) is 5.56 Å². The van der Waals surface area contributed by atoms with Crippen LogP contribution in [-0.4, -0.2) is 18.3 Å². The van der Waals surface area contributed by atoms with Gasteiger partial charge in [-0.1, -0.05) is 23.7 Å². The van der Waals surface area contributed by atoms with Gasteiger partial charge in [-0.05, 0) is 18.6 Å². The fourth-order valence-corrected chi connectivity index (χ4v) is 1.39. The molecule has 2 nitrogen and oxygen atoms in total. The molecule has 0 spiro atoms. The molecule has 0 atom stereocenters. The average Bonchev–Trinajstić information content (AvgIpc) is 2.18. The normalized spacial score (nSPS) is 9.93.